The van der Waals surface area contributed by atoms with Crippen molar-refractivity contribution in [2.45, 2.75) is 0 Å². The second kappa shape index (κ2) is 6.08. The Hall–Kier alpha value is -3.97. The SMILES string of the molecule is N#Cc1c(-c2ccccc2)nc2c3ccccc3nn2c1-c1ccccc1. The average Bonchev–Trinajstić information content (AvgIpc) is 3.12. The average molecular weight is 346 g/mol. The lowest BCUT2D eigenvalue weighted by Gasteiger charge is -2.12. The van der Waals surface area contributed by atoms with E-state index in [2.05, 4.69) is 6.07 Å². The van der Waals surface area contributed by atoms with Crippen LogP contribution in [-0.2, 0) is 0 Å². The molecule has 27 heavy (non-hydrogen) atoms. The molecule has 0 saturated heterocycles. The summed E-state index contributed by atoms with van der Waals surface area (Å²) in [7, 11) is 0. The van der Waals surface area contributed by atoms with Gasteiger partial charge in [-0.3, -0.25) is 0 Å². The lowest BCUT2D eigenvalue weighted by molar-refractivity contribution is 0.962. The van der Waals surface area contributed by atoms with Crippen LogP contribution in [0.25, 0.3) is 39.1 Å². The van der Waals surface area contributed by atoms with E-state index in [1.165, 1.54) is 0 Å². The number of benzene rings is 3. The van der Waals surface area contributed by atoms with Crippen molar-refractivity contribution in [2.24, 2.45) is 0 Å². The minimum atomic E-state index is 0.521. The molecule has 0 atom stereocenters. The number of fused-ring (bicyclic) bond motifs is 3. The third kappa shape index (κ3) is 2.37. The zero-order chi connectivity index (χ0) is 18.2. The van der Waals surface area contributed by atoms with Crippen molar-refractivity contribution < 1.29 is 0 Å². The van der Waals surface area contributed by atoms with Crippen molar-refractivity contribution in [1.29, 1.82) is 5.26 Å². The molecule has 0 radical (unpaired) electrons. The maximum absolute atomic E-state index is 10.0. The highest BCUT2D eigenvalue weighted by Crippen LogP contribution is 2.33. The molecule has 2 aromatic heterocycles. The van der Waals surface area contributed by atoms with Crippen LogP contribution in [-0.4, -0.2) is 14.6 Å². The summed E-state index contributed by atoms with van der Waals surface area (Å²) in [6.45, 7) is 0. The van der Waals surface area contributed by atoms with Crippen molar-refractivity contribution in [1.82, 2.24) is 14.6 Å². The van der Waals surface area contributed by atoms with Crippen LogP contribution in [0.2, 0.25) is 0 Å². The Balaban J connectivity index is 2.00. The van der Waals surface area contributed by atoms with Crippen LogP contribution in [0, 0.1) is 11.3 Å². The van der Waals surface area contributed by atoms with Gasteiger partial charge < -0.3 is 0 Å². The van der Waals surface area contributed by atoms with E-state index >= 15 is 0 Å². The van der Waals surface area contributed by atoms with Gasteiger partial charge in [-0.05, 0) is 12.1 Å². The van der Waals surface area contributed by atoms with Crippen molar-refractivity contribution >= 4 is 16.6 Å². The largest absolute Gasteiger partial charge is 0.226 e. The Labute approximate surface area is 156 Å². The molecule has 0 aliphatic heterocycles. The molecule has 4 heteroatoms. The van der Waals surface area contributed by atoms with Crippen molar-refractivity contribution in [3.05, 3.63) is 90.5 Å². The molecule has 0 fully saturated rings. The second-order valence-corrected chi connectivity index (χ2v) is 6.28. The third-order valence-corrected chi connectivity index (χ3v) is 4.66. The first kappa shape index (κ1) is 15.3. The summed E-state index contributed by atoms with van der Waals surface area (Å²) in [5, 5.41) is 15.7. The molecule has 3 aromatic carbocycles. The highest BCUT2D eigenvalue weighted by Gasteiger charge is 2.20. The van der Waals surface area contributed by atoms with E-state index < -0.39 is 0 Å². The van der Waals surface area contributed by atoms with Crippen molar-refractivity contribution in [3.63, 3.8) is 0 Å². The lowest BCUT2D eigenvalue weighted by Crippen LogP contribution is -2.03. The highest BCUT2D eigenvalue weighted by atomic mass is 15.3. The smallest absolute Gasteiger partial charge is 0.164 e. The number of nitriles is 1. The predicted octanol–water partition coefficient (Wildman–Crippen LogP) is 5.09. The van der Waals surface area contributed by atoms with Crippen LogP contribution in [0.4, 0.5) is 0 Å². The van der Waals surface area contributed by atoms with Gasteiger partial charge >= 0.3 is 0 Å². The number of hydrogen-bond donors (Lipinski definition) is 0. The number of rotatable bonds is 2. The molecular formula is C23H14N4. The van der Waals surface area contributed by atoms with Crippen LogP contribution < -0.4 is 0 Å². The quantitative estimate of drug-likeness (QED) is 0.447. The molecule has 0 bridgehead atoms. The normalized spacial score (nSPS) is 10.9. The minimum Gasteiger partial charge on any atom is -0.226 e. The fraction of sp³-hybridized carbons (Fsp3) is 0. The Morgan fingerprint density at radius 2 is 1.37 bits per heavy atom. The van der Waals surface area contributed by atoms with Crippen molar-refractivity contribution in [2.75, 3.05) is 0 Å². The predicted molar refractivity (Wildman–Crippen MR) is 106 cm³/mol. The summed E-state index contributed by atoms with van der Waals surface area (Å²) in [5.41, 5.74) is 5.42. The fourth-order valence-corrected chi connectivity index (χ4v) is 3.44. The summed E-state index contributed by atoms with van der Waals surface area (Å²) in [6.07, 6.45) is 0. The fourth-order valence-electron chi connectivity index (χ4n) is 3.44. The van der Waals surface area contributed by atoms with Crippen LogP contribution >= 0.6 is 0 Å². The van der Waals surface area contributed by atoms with Gasteiger partial charge in [-0.1, -0.05) is 72.8 Å². The molecule has 4 nitrogen and oxygen atoms in total. The van der Waals surface area contributed by atoms with Gasteiger partial charge in [0.05, 0.1) is 16.9 Å². The molecule has 0 N–H and O–H groups in total. The van der Waals surface area contributed by atoms with Gasteiger partial charge in [0.25, 0.3) is 0 Å². The summed E-state index contributed by atoms with van der Waals surface area (Å²) >= 11 is 0. The Morgan fingerprint density at radius 1 is 0.741 bits per heavy atom. The van der Waals surface area contributed by atoms with Gasteiger partial charge in [0.15, 0.2) is 5.65 Å². The van der Waals surface area contributed by atoms with E-state index in [0.29, 0.717) is 11.3 Å². The number of aromatic nitrogens is 3. The van der Waals surface area contributed by atoms with Gasteiger partial charge in [-0.15, -0.1) is 0 Å². The van der Waals surface area contributed by atoms with Gasteiger partial charge in [0, 0.05) is 16.5 Å². The molecule has 0 spiro atoms. The Bertz CT molecular complexity index is 1310. The topological polar surface area (TPSA) is 54.0 Å². The van der Waals surface area contributed by atoms with Gasteiger partial charge in [-0.2, -0.15) is 10.4 Å². The summed E-state index contributed by atoms with van der Waals surface area (Å²) < 4.78 is 1.80. The molecule has 126 valence electrons. The molecule has 0 amide bonds. The molecule has 0 aliphatic rings. The maximum atomic E-state index is 10.0. The Morgan fingerprint density at radius 3 is 2.07 bits per heavy atom. The highest BCUT2D eigenvalue weighted by molar-refractivity contribution is 5.95. The molecule has 2 heterocycles. The first-order valence-corrected chi connectivity index (χ1v) is 8.69. The summed E-state index contributed by atoms with van der Waals surface area (Å²) in [6, 6.07) is 30.0. The van der Waals surface area contributed by atoms with E-state index in [1.807, 2.05) is 84.9 Å². The third-order valence-electron chi connectivity index (χ3n) is 4.66. The molecule has 5 aromatic rings. The zero-order valence-electron chi connectivity index (χ0n) is 14.4. The monoisotopic (exact) mass is 346 g/mol. The lowest BCUT2D eigenvalue weighted by atomic mass is 10.0. The van der Waals surface area contributed by atoms with E-state index in [1.54, 1.807) is 4.52 Å². The van der Waals surface area contributed by atoms with E-state index in [0.717, 1.165) is 33.4 Å². The van der Waals surface area contributed by atoms with Crippen LogP contribution in [0.1, 0.15) is 5.56 Å². The van der Waals surface area contributed by atoms with Crippen LogP contribution in [0.3, 0.4) is 0 Å². The number of hydrogen-bond acceptors (Lipinski definition) is 3. The van der Waals surface area contributed by atoms with Gasteiger partial charge in [-0.25, -0.2) is 9.50 Å². The molecule has 5 rings (SSSR count). The number of nitrogens with zero attached hydrogens (tertiary/aromatic N) is 4. The second-order valence-electron chi connectivity index (χ2n) is 6.28. The first-order chi connectivity index (χ1) is 13.4. The first-order valence-electron chi connectivity index (χ1n) is 8.69. The van der Waals surface area contributed by atoms with Crippen LogP contribution in [0.5, 0.6) is 0 Å². The zero-order valence-corrected chi connectivity index (χ0v) is 14.4. The van der Waals surface area contributed by atoms with Crippen molar-refractivity contribution in [3.8, 4) is 28.6 Å². The molecule has 0 saturated carbocycles. The van der Waals surface area contributed by atoms with E-state index in [9.17, 15) is 5.26 Å². The van der Waals surface area contributed by atoms with Gasteiger partial charge in [0.2, 0.25) is 0 Å². The summed E-state index contributed by atoms with van der Waals surface area (Å²) in [5.74, 6) is 0. The molecule has 0 unspecified atom stereocenters. The van der Waals surface area contributed by atoms with Gasteiger partial charge in [0.1, 0.15) is 11.6 Å². The molecular weight excluding hydrogens is 332 g/mol. The maximum Gasteiger partial charge on any atom is 0.164 e. The Kier molecular flexibility index (Phi) is 3.44. The van der Waals surface area contributed by atoms with Crippen LogP contribution in [0.15, 0.2) is 84.9 Å². The minimum absolute atomic E-state index is 0.521. The van der Waals surface area contributed by atoms with E-state index in [4.69, 9.17) is 10.1 Å². The van der Waals surface area contributed by atoms with E-state index in [-0.39, 0.29) is 0 Å². The molecule has 0 aliphatic carbocycles. The summed E-state index contributed by atoms with van der Waals surface area (Å²) in [4.78, 5) is 4.87. The standard InChI is InChI=1S/C23H14N4/c24-15-19-21(16-9-3-1-4-10-16)25-23-18-13-7-8-14-20(18)26-27(23)22(19)17-11-5-2-6-12-17/h1-14H.